The van der Waals surface area contributed by atoms with E-state index in [1.807, 2.05) is 6.92 Å². The van der Waals surface area contributed by atoms with Gasteiger partial charge < -0.3 is 11.1 Å². The Balaban J connectivity index is 2.25. The van der Waals surface area contributed by atoms with Crippen LogP contribution in [0.3, 0.4) is 0 Å². The molecule has 9 heteroatoms. The van der Waals surface area contributed by atoms with Gasteiger partial charge in [-0.1, -0.05) is 19.1 Å². The number of nitrogens with zero attached hydrogens (tertiary/aromatic N) is 4. The van der Waals surface area contributed by atoms with Gasteiger partial charge in [-0.3, -0.25) is 4.79 Å². The number of nitrogens with one attached hydrogen (secondary N) is 1. The highest BCUT2D eigenvalue weighted by molar-refractivity contribution is 6.20. The molecule has 28 heavy (non-hydrogen) atoms. The number of allylic oxidation sites excluding steroid dienone is 2. The molecule has 7 nitrogen and oxygen atoms in total. The Kier molecular flexibility index (Phi) is 7.14. The third-order valence-corrected chi connectivity index (χ3v) is 3.70. The van der Waals surface area contributed by atoms with Crippen LogP contribution in [0, 0.1) is 11.6 Å². The summed E-state index contributed by atoms with van der Waals surface area (Å²) in [5, 5.41) is 10.5. The summed E-state index contributed by atoms with van der Waals surface area (Å²) in [6, 6.07) is 3.51. The minimum absolute atomic E-state index is 0.0538. The van der Waals surface area contributed by atoms with E-state index in [1.165, 1.54) is 23.3 Å². The van der Waals surface area contributed by atoms with Crippen molar-refractivity contribution in [1.29, 1.82) is 0 Å². The van der Waals surface area contributed by atoms with E-state index in [4.69, 9.17) is 5.73 Å². The predicted octanol–water partition coefficient (Wildman–Crippen LogP) is 2.77. The van der Waals surface area contributed by atoms with Crippen molar-refractivity contribution in [3.05, 3.63) is 65.0 Å². The zero-order chi connectivity index (χ0) is 20.7. The molecule has 3 N–H and O–H groups in total. The average Bonchev–Trinajstić information content (AvgIpc) is 3.17. The van der Waals surface area contributed by atoms with Crippen LogP contribution in [0.25, 0.3) is 5.82 Å². The van der Waals surface area contributed by atoms with E-state index in [0.29, 0.717) is 12.2 Å². The van der Waals surface area contributed by atoms with Gasteiger partial charge in [-0.15, -0.1) is 4.80 Å². The molecular formula is C19H22F2N6O. The lowest BCUT2D eigenvalue weighted by Gasteiger charge is -2.11. The number of benzene rings is 1. The van der Waals surface area contributed by atoms with E-state index in [1.54, 1.807) is 19.9 Å². The number of rotatable bonds is 7. The average molecular weight is 388 g/mol. The largest absolute Gasteiger partial charge is 0.383 e. The zero-order valence-corrected chi connectivity index (χ0v) is 15.9. The first-order valence-electron chi connectivity index (χ1n) is 8.65. The lowest BCUT2D eigenvalue weighted by atomic mass is 10.1. The molecule has 0 fully saturated rings. The number of aromatic nitrogens is 3. The van der Waals surface area contributed by atoms with Gasteiger partial charge >= 0.3 is 0 Å². The Morgan fingerprint density at radius 1 is 1.25 bits per heavy atom. The monoisotopic (exact) mass is 388 g/mol. The maximum absolute atomic E-state index is 13.7. The number of hydrogen-bond donors (Lipinski definition) is 2. The van der Waals surface area contributed by atoms with Crippen molar-refractivity contribution < 1.29 is 13.6 Å². The summed E-state index contributed by atoms with van der Waals surface area (Å²) < 4.78 is 27.5. The molecule has 0 aliphatic rings. The molecule has 0 saturated carbocycles. The second-order valence-corrected chi connectivity index (χ2v) is 6.05. The summed E-state index contributed by atoms with van der Waals surface area (Å²) in [4.78, 5) is 18.1. The van der Waals surface area contributed by atoms with Crippen molar-refractivity contribution >= 4 is 17.6 Å². The molecule has 0 bridgehead atoms. The first kappa shape index (κ1) is 20.9. The number of halogens is 2. The van der Waals surface area contributed by atoms with Crippen molar-refractivity contribution in [3.8, 4) is 0 Å². The Bertz CT molecular complexity index is 908. The van der Waals surface area contributed by atoms with Crippen molar-refractivity contribution in [2.75, 3.05) is 0 Å². The van der Waals surface area contributed by atoms with Crippen LogP contribution in [-0.2, 0) is 11.3 Å². The Morgan fingerprint density at radius 2 is 1.86 bits per heavy atom. The summed E-state index contributed by atoms with van der Waals surface area (Å²) >= 11 is 0. The SMILES string of the molecule is CC/C=C(C(=O)NCc1c(F)cccc1F)/C(N)=N\C(=C(C)C)n1nccn1. The van der Waals surface area contributed by atoms with Crippen LogP contribution in [0.5, 0.6) is 0 Å². The summed E-state index contributed by atoms with van der Waals surface area (Å²) in [5.74, 6) is -1.74. The van der Waals surface area contributed by atoms with E-state index in [2.05, 4.69) is 20.5 Å². The molecule has 0 aliphatic carbocycles. The molecule has 0 atom stereocenters. The number of hydrogen-bond acceptors (Lipinski definition) is 4. The fourth-order valence-electron chi connectivity index (χ4n) is 2.34. The topological polar surface area (TPSA) is 98.2 Å². The molecule has 0 saturated heterocycles. The van der Waals surface area contributed by atoms with Crippen LogP contribution >= 0.6 is 0 Å². The number of carbonyl (C=O) groups is 1. The Hall–Kier alpha value is -3.36. The number of carbonyl (C=O) groups excluding carboxylic acids is 1. The molecule has 0 spiro atoms. The van der Waals surface area contributed by atoms with Gasteiger partial charge in [-0.2, -0.15) is 10.2 Å². The highest BCUT2D eigenvalue weighted by Crippen LogP contribution is 2.13. The maximum Gasteiger partial charge on any atom is 0.254 e. The number of amidine groups is 1. The highest BCUT2D eigenvalue weighted by atomic mass is 19.1. The van der Waals surface area contributed by atoms with Gasteiger partial charge in [0, 0.05) is 12.1 Å². The molecule has 148 valence electrons. The van der Waals surface area contributed by atoms with Crippen molar-refractivity contribution in [2.45, 2.75) is 33.7 Å². The first-order chi connectivity index (χ1) is 13.3. The fraction of sp³-hybridized carbons (Fsp3) is 0.263. The molecule has 0 unspecified atom stereocenters. The summed E-state index contributed by atoms with van der Waals surface area (Å²) in [5.41, 5.74) is 6.70. The maximum atomic E-state index is 13.7. The van der Waals surface area contributed by atoms with Crippen LogP contribution in [0.15, 0.2) is 52.8 Å². The Morgan fingerprint density at radius 3 is 2.39 bits per heavy atom. The number of amides is 1. The number of aliphatic imine (C=N–C) groups is 1. The molecule has 1 heterocycles. The third kappa shape index (κ3) is 5.09. The van der Waals surface area contributed by atoms with Gasteiger partial charge in [0.25, 0.3) is 5.91 Å². The van der Waals surface area contributed by atoms with Crippen LogP contribution in [0.4, 0.5) is 8.78 Å². The number of nitrogens with two attached hydrogens (primary N) is 1. The van der Waals surface area contributed by atoms with E-state index in [9.17, 15) is 13.6 Å². The van der Waals surface area contributed by atoms with Crippen molar-refractivity contribution in [3.63, 3.8) is 0 Å². The standard InChI is InChI=1S/C19H22F2N6O/c1-4-6-13(17(22)26-18(12(2)3)27-24-9-10-25-27)19(28)23-11-14-15(20)7-5-8-16(14)21/h5-10H,4,11H2,1-3H3,(H2,22,26)(H,23,28)/b13-6-. The van der Waals surface area contributed by atoms with E-state index < -0.39 is 17.5 Å². The molecule has 2 aromatic rings. The normalized spacial score (nSPS) is 12.0. The van der Waals surface area contributed by atoms with Crippen molar-refractivity contribution in [1.82, 2.24) is 20.3 Å². The summed E-state index contributed by atoms with van der Waals surface area (Å²) in [6.45, 7) is 5.12. The predicted molar refractivity (Wildman–Crippen MR) is 103 cm³/mol. The van der Waals surface area contributed by atoms with Crippen LogP contribution < -0.4 is 11.1 Å². The molecular weight excluding hydrogens is 366 g/mol. The molecule has 1 aromatic carbocycles. The fourth-order valence-corrected chi connectivity index (χ4v) is 2.34. The van der Waals surface area contributed by atoms with Gasteiger partial charge in [0.2, 0.25) is 0 Å². The van der Waals surface area contributed by atoms with Gasteiger partial charge in [0.15, 0.2) is 5.82 Å². The van der Waals surface area contributed by atoms with Crippen LogP contribution in [0.1, 0.15) is 32.8 Å². The van der Waals surface area contributed by atoms with E-state index >= 15 is 0 Å². The second kappa shape index (κ2) is 9.54. The molecule has 0 radical (unpaired) electrons. The first-order valence-corrected chi connectivity index (χ1v) is 8.65. The second-order valence-electron chi connectivity index (χ2n) is 6.05. The third-order valence-electron chi connectivity index (χ3n) is 3.70. The molecule has 1 aromatic heterocycles. The molecule has 0 aliphatic heterocycles. The van der Waals surface area contributed by atoms with E-state index in [-0.39, 0.29) is 23.5 Å². The quantitative estimate of drug-likeness (QED) is 0.433. The Labute approximate surface area is 161 Å². The molecule has 2 rings (SSSR count). The summed E-state index contributed by atoms with van der Waals surface area (Å²) in [7, 11) is 0. The zero-order valence-electron chi connectivity index (χ0n) is 15.9. The van der Waals surface area contributed by atoms with Crippen LogP contribution in [-0.4, -0.2) is 26.7 Å². The lowest BCUT2D eigenvalue weighted by molar-refractivity contribution is -0.117. The lowest BCUT2D eigenvalue weighted by Crippen LogP contribution is -2.32. The van der Waals surface area contributed by atoms with Crippen molar-refractivity contribution in [2.24, 2.45) is 10.7 Å². The van der Waals surface area contributed by atoms with Gasteiger partial charge in [0.1, 0.15) is 17.5 Å². The smallest absolute Gasteiger partial charge is 0.254 e. The highest BCUT2D eigenvalue weighted by Gasteiger charge is 2.17. The van der Waals surface area contributed by atoms with Gasteiger partial charge in [-0.05, 0) is 38.0 Å². The van der Waals surface area contributed by atoms with Gasteiger partial charge in [0.05, 0.1) is 18.0 Å². The minimum atomic E-state index is -0.737. The summed E-state index contributed by atoms with van der Waals surface area (Å²) in [6.07, 6.45) is 5.09. The minimum Gasteiger partial charge on any atom is -0.383 e. The van der Waals surface area contributed by atoms with E-state index in [0.717, 1.165) is 17.7 Å². The molecule has 1 amide bonds. The van der Waals surface area contributed by atoms with Gasteiger partial charge in [-0.25, -0.2) is 13.8 Å². The van der Waals surface area contributed by atoms with Crippen LogP contribution in [0.2, 0.25) is 0 Å².